The molecule has 1 aromatic carbocycles. The number of anilines is 4. The molecule has 3 N–H and O–H groups in total. The number of carboxylic acid groups (broad SMARTS) is 3. The van der Waals surface area contributed by atoms with E-state index < -0.39 is 17.9 Å². The molecule has 1 aliphatic heterocycles. The Balaban J connectivity index is 1.96. The van der Waals surface area contributed by atoms with Crippen molar-refractivity contribution in [2.24, 2.45) is 5.92 Å². The second-order valence-electron chi connectivity index (χ2n) is 10.6. The number of aromatic carboxylic acids is 2. The number of carboxylic acids is 3. The molecule has 1 atom stereocenters. The predicted octanol–water partition coefficient (Wildman–Crippen LogP) is 4.35. The van der Waals surface area contributed by atoms with Crippen LogP contribution in [0.2, 0.25) is 0 Å². The van der Waals surface area contributed by atoms with Crippen LogP contribution in [0.3, 0.4) is 0 Å². The molecule has 3 heterocycles. The topological polar surface area (TPSA) is 179 Å². The van der Waals surface area contributed by atoms with Crippen LogP contribution in [0.25, 0.3) is 0 Å². The molecule has 1 saturated heterocycles. The average Bonchev–Trinajstić information content (AvgIpc) is 2.96. The van der Waals surface area contributed by atoms with Gasteiger partial charge in [-0.2, -0.15) is 0 Å². The molecule has 0 spiro atoms. The van der Waals surface area contributed by atoms with Gasteiger partial charge in [-0.15, -0.1) is 0 Å². The van der Waals surface area contributed by atoms with Crippen LogP contribution < -0.4 is 9.80 Å². The number of hydrogen-bond donors (Lipinski definition) is 3. The van der Waals surface area contributed by atoms with Crippen molar-refractivity contribution in [3.63, 3.8) is 0 Å². The van der Waals surface area contributed by atoms with Crippen LogP contribution in [-0.2, 0) is 9.53 Å². The maximum atomic E-state index is 11.6. The third kappa shape index (κ3) is 7.16. The normalized spacial score (nSPS) is 14.4. The fraction of sp³-hybridized carbons (Fsp3) is 0.414. The lowest BCUT2D eigenvalue weighted by atomic mass is 9.95. The predicted molar refractivity (Wildman–Crippen MR) is 153 cm³/mol. The first-order valence-corrected chi connectivity index (χ1v) is 13.7. The van der Waals surface area contributed by atoms with Crippen molar-refractivity contribution in [3.8, 4) is 0 Å². The Morgan fingerprint density at radius 1 is 0.857 bits per heavy atom. The minimum Gasteiger partial charge on any atom is -0.481 e. The van der Waals surface area contributed by atoms with Gasteiger partial charge in [-0.1, -0.05) is 26.8 Å². The second kappa shape index (κ2) is 13.3. The molecule has 13 heteroatoms. The fourth-order valence-electron chi connectivity index (χ4n) is 5.00. The van der Waals surface area contributed by atoms with Gasteiger partial charge in [0.15, 0.2) is 0 Å². The first-order valence-electron chi connectivity index (χ1n) is 13.7. The van der Waals surface area contributed by atoms with Crippen molar-refractivity contribution in [3.05, 3.63) is 60.2 Å². The quantitative estimate of drug-likeness (QED) is 0.276. The Labute approximate surface area is 242 Å². The first-order chi connectivity index (χ1) is 20.0. The van der Waals surface area contributed by atoms with E-state index >= 15 is 0 Å². The molecule has 3 aromatic rings. The summed E-state index contributed by atoms with van der Waals surface area (Å²) in [6, 6.07) is 5.95. The molecular formula is C29H34N6O7. The summed E-state index contributed by atoms with van der Waals surface area (Å²) in [5.41, 5.74) is 3.00. The molecule has 2 aromatic heterocycles. The summed E-state index contributed by atoms with van der Waals surface area (Å²) in [5.74, 6) is -4.28. The summed E-state index contributed by atoms with van der Waals surface area (Å²) in [6.07, 6.45) is 6.99. The molecule has 1 fully saturated rings. The van der Waals surface area contributed by atoms with Crippen molar-refractivity contribution >= 4 is 40.7 Å². The fourth-order valence-corrected chi connectivity index (χ4v) is 5.00. The zero-order valence-electron chi connectivity index (χ0n) is 23.7. The van der Waals surface area contributed by atoms with E-state index in [1.165, 1.54) is 24.8 Å². The van der Waals surface area contributed by atoms with E-state index in [2.05, 4.69) is 38.7 Å². The highest BCUT2D eigenvalue weighted by atomic mass is 16.5. The molecule has 0 radical (unpaired) electrons. The van der Waals surface area contributed by atoms with Gasteiger partial charge >= 0.3 is 17.9 Å². The van der Waals surface area contributed by atoms with Crippen LogP contribution in [0.4, 0.5) is 22.7 Å². The highest BCUT2D eigenvalue weighted by Gasteiger charge is 2.29. The number of rotatable bonds is 12. The van der Waals surface area contributed by atoms with Crippen LogP contribution in [-0.4, -0.2) is 79.0 Å². The maximum absolute atomic E-state index is 11.6. The van der Waals surface area contributed by atoms with Crippen molar-refractivity contribution in [1.82, 2.24) is 19.9 Å². The van der Waals surface area contributed by atoms with E-state index in [0.717, 1.165) is 30.6 Å². The summed E-state index contributed by atoms with van der Waals surface area (Å²) in [7, 11) is 0. The van der Waals surface area contributed by atoms with Gasteiger partial charge in [0.1, 0.15) is 0 Å². The third-order valence-corrected chi connectivity index (χ3v) is 6.97. The van der Waals surface area contributed by atoms with E-state index in [-0.39, 0.29) is 30.0 Å². The number of hydrogen-bond acceptors (Lipinski definition) is 10. The van der Waals surface area contributed by atoms with Gasteiger partial charge in [0.05, 0.1) is 54.0 Å². The van der Waals surface area contributed by atoms with Gasteiger partial charge in [-0.3, -0.25) is 4.79 Å². The SMILES string of the molecule is CC(C)CN(c1ccc([C@H](C)CC(=O)O)cc1N(c1cnc(C(=O)O)nc1)c1cnc(C(=O)O)nc1)C1CCOCC1. The van der Waals surface area contributed by atoms with Crippen molar-refractivity contribution in [2.75, 3.05) is 29.6 Å². The molecule has 0 unspecified atom stereocenters. The smallest absolute Gasteiger partial charge is 0.373 e. The van der Waals surface area contributed by atoms with E-state index in [1.54, 1.807) is 4.90 Å². The number of carbonyl (C=O) groups is 3. The largest absolute Gasteiger partial charge is 0.481 e. The van der Waals surface area contributed by atoms with Crippen LogP contribution in [0, 0.1) is 5.92 Å². The van der Waals surface area contributed by atoms with E-state index in [1.807, 2.05) is 25.1 Å². The monoisotopic (exact) mass is 578 g/mol. The molecular weight excluding hydrogens is 544 g/mol. The van der Waals surface area contributed by atoms with Crippen molar-refractivity contribution in [1.29, 1.82) is 0 Å². The van der Waals surface area contributed by atoms with Gasteiger partial charge < -0.3 is 29.9 Å². The highest BCUT2D eigenvalue weighted by molar-refractivity contribution is 5.87. The zero-order chi connectivity index (χ0) is 30.4. The van der Waals surface area contributed by atoms with Gasteiger partial charge in [-0.25, -0.2) is 29.5 Å². The Bertz CT molecular complexity index is 1350. The van der Waals surface area contributed by atoms with Crippen LogP contribution in [0.5, 0.6) is 0 Å². The lowest BCUT2D eigenvalue weighted by Crippen LogP contribution is -2.42. The van der Waals surface area contributed by atoms with Crippen LogP contribution in [0.1, 0.15) is 72.8 Å². The summed E-state index contributed by atoms with van der Waals surface area (Å²) in [6.45, 7) is 8.06. The Kier molecular flexibility index (Phi) is 9.63. The number of aromatic nitrogens is 4. The summed E-state index contributed by atoms with van der Waals surface area (Å²) < 4.78 is 5.63. The van der Waals surface area contributed by atoms with Crippen LogP contribution in [0.15, 0.2) is 43.0 Å². The Morgan fingerprint density at radius 3 is 1.83 bits per heavy atom. The lowest BCUT2D eigenvalue weighted by molar-refractivity contribution is -0.137. The van der Waals surface area contributed by atoms with Crippen molar-refractivity contribution < 1.29 is 34.4 Å². The minimum atomic E-state index is -1.28. The Morgan fingerprint density at radius 2 is 1.38 bits per heavy atom. The van der Waals surface area contributed by atoms with E-state index in [4.69, 9.17) is 4.74 Å². The number of aliphatic carboxylic acids is 1. The molecule has 222 valence electrons. The molecule has 0 saturated carbocycles. The number of nitrogens with zero attached hydrogens (tertiary/aromatic N) is 6. The maximum Gasteiger partial charge on any atom is 0.373 e. The van der Waals surface area contributed by atoms with Crippen molar-refractivity contribution in [2.45, 2.75) is 52.0 Å². The standard InChI is InChI=1S/C29H34N6O7/c1-17(2)16-34(20-6-8-42-9-7-20)23-5-4-19(18(3)10-25(36)37)11-24(23)35(21-12-30-26(28(38)39)31-13-21)22-14-32-27(29(40)41)33-15-22/h4-5,11-15,17-18,20H,6-10,16H2,1-3H3,(H,36,37)(H,38,39)(H,40,41)/t18-/m1/s1. The highest BCUT2D eigenvalue weighted by Crippen LogP contribution is 2.43. The van der Waals surface area contributed by atoms with Gasteiger partial charge in [0.25, 0.3) is 0 Å². The van der Waals surface area contributed by atoms with E-state index in [9.17, 15) is 29.7 Å². The van der Waals surface area contributed by atoms with Gasteiger partial charge in [-0.05, 0) is 42.4 Å². The number of benzene rings is 1. The Hall–Kier alpha value is -4.65. The first kappa shape index (κ1) is 30.3. The van der Waals surface area contributed by atoms with Gasteiger partial charge in [0, 0.05) is 25.8 Å². The average molecular weight is 579 g/mol. The molecule has 4 rings (SSSR count). The molecule has 13 nitrogen and oxygen atoms in total. The van der Waals surface area contributed by atoms with E-state index in [0.29, 0.717) is 36.2 Å². The number of ether oxygens (including phenoxy) is 1. The second-order valence-corrected chi connectivity index (χ2v) is 10.6. The molecule has 42 heavy (non-hydrogen) atoms. The molecule has 0 bridgehead atoms. The third-order valence-electron chi connectivity index (χ3n) is 6.97. The summed E-state index contributed by atoms with van der Waals surface area (Å²) >= 11 is 0. The minimum absolute atomic E-state index is 0.0820. The molecule has 1 aliphatic rings. The molecule has 0 aliphatic carbocycles. The lowest BCUT2D eigenvalue weighted by Gasteiger charge is -2.40. The van der Waals surface area contributed by atoms with Crippen LogP contribution >= 0.6 is 0 Å². The van der Waals surface area contributed by atoms with Gasteiger partial charge in [0.2, 0.25) is 11.6 Å². The molecule has 0 amide bonds. The summed E-state index contributed by atoms with van der Waals surface area (Å²) in [5, 5.41) is 28.2. The summed E-state index contributed by atoms with van der Waals surface area (Å²) in [4.78, 5) is 54.6. The zero-order valence-corrected chi connectivity index (χ0v) is 23.7.